The van der Waals surface area contributed by atoms with E-state index in [9.17, 15) is 9.36 Å². The van der Waals surface area contributed by atoms with Crippen LogP contribution in [0.3, 0.4) is 0 Å². The SMILES string of the molecule is CCCCC(=O)CP(=O)(O)OCC. The van der Waals surface area contributed by atoms with Crippen LogP contribution in [-0.4, -0.2) is 23.4 Å². The summed E-state index contributed by atoms with van der Waals surface area (Å²) in [6.45, 7) is 3.75. The van der Waals surface area contributed by atoms with Gasteiger partial charge in [0.15, 0.2) is 0 Å². The van der Waals surface area contributed by atoms with Crippen molar-refractivity contribution in [1.29, 1.82) is 0 Å². The zero-order valence-electron chi connectivity index (χ0n) is 8.15. The Labute approximate surface area is 78.8 Å². The minimum absolute atomic E-state index is 0.162. The van der Waals surface area contributed by atoms with Gasteiger partial charge in [0.25, 0.3) is 0 Å². The molecule has 0 radical (unpaired) electrons. The second-order valence-corrected chi connectivity index (χ2v) is 4.70. The van der Waals surface area contributed by atoms with E-state index in [0.29, 0.717) is 6.42 Å². The van der Waals surface area contributed by atoms with Gasteiger partial charge in [-0.2, -0.15) is 0 Å². The molecule has 0 heterocycles. The monoisotopic (exact) mass is 208 g/mol. The molecule has 0 aliphatic carbocycles. The topological polar surface area (TPSA) is 63.6 Å². The van der Waals surface area contributed by atoms with Crippen molar-refractivity contribution < 1.29 is 18.8 Å². The summed E-state index contributed by atoms with van der Waals surface area (Å²) in [5.74, 6) is -0.193. The molecule has 0 fully saturated rings. The molecule has 0 bridgehead atoms. The number of ketones is 1. The van der Waals surface area contributed by atoms with Crippen molar-refractivity contribution in [3.8, 4) is 0 Å². The van der Waals surface area contributed by atoms with Crippen LogP contribution in [0.25, 0.3) is 0 Å². The quantitative estimate of drug-likeness (QED) is 0.649. The summed E-state index contributed by atoms with van der Waals surface area (Å²) in [5.41, 5.74) is 0. The maximum Gasteiger partial charge on any atom is 0.335 e. The lowest BCUT2D eigenvalue weighted by Crippen LogP contribution is -2.06. The van der Waals surface area contributed by atoms with Crippen LogP contribution in [0, 0.1) is 0 Å². The van der Waals surface area contributed by atoms with E-state index in [4.69, 9.17) is 4.89 Å². The average molecular weight is 208 g/mol. The van der Waals surface area contributed by atoms with Crippen LogP contribution >= 0.6 is 7.60 Å². The Kier molecular flexibility index (Phi) is 6.21. The van der Waals surface area contributed by atoms with Crippen molar-refractivity contribution in [3.05, 3.63) is 0 Å². The molecule has 0 aromatic carbocycles. The van der Waals surface area contributed by atoms with Gasteiger partial charge in [0.05, 0.1) is 6.61 Å². The normalized spacial score (nSPS) is 15.3. The van der Waals surface area contributed by atoms with Crippen molar-refractivity contribution in [2.75, 3.05) is 12.8 Å². The third-order valence-electron chi connectivity index (χ3n) is 1.52. The van der Waals surface area contributed by atoms with Gasteiger partial charge in [-0.3, -0.25) is 9.36 Å². The summed E-state index contributed by atoms with van der Waals surface area (Å²) in [6.07, 6.45) is 1.70. The molecule has 13 heavy (non-hydrogen) atoms. The lowest BCUT2D eigenvalue weighted by Gasteiger charge is -2.08. The van der Waals surface area contributed by atoms with E-state index in [0.717, 1.165) is 12.8 Å². The lowest BCUT2D eigenvalue weighted by atomic mass is 10.2. The number of carbonyl (C=O) groups excluding carboxylic acids is 1. The van der Waals surface area contributed by atoms with Crippen LogP contribution in [0.2, 0.25) is 0 Å². The fraction of sp³-hybridized carbons (Fsp3) is 0.875. The van der Waals surface area contributed by atoms with E-state index in [2.05, 4.69) is 4.52 Å². The zero-order valence-corrected chi connectivity index (χ0v) is 9.05. The molecule has 0 amide bonds. The van der Waals surface area contributed by atoms with Gasteiger partial charge >= 0.3 is 7.60 Å². The Morgan fingerprint density at radius 3 is 2.54 bits per heavy atom. The van der Waals surface area contributed by atoms with Gasteiger partial charge in [0.2, 0.25) is 0 Å². The molecule has 0 aliphatic rings. The van der Waals surface area contributed by atoms with Gasteiger partial charge in [-0.15, -0.1) is 0 Å². The summed E-state index contributed by atoms with van der Waals surface area (Å²) in [4.78, 5) is 20.2. The van der Waals surface area contributed by atoms with Crippen LogP contribution in [0.5, 0.6) is 0 Å². The number of unbranched alkanes of at least 4 members (excludes halogenated alkanes) is 1. The van der Waals surface area contributed by atoms with E-state index >= 15 is 0 Å². The highest BCUT2D eigenvalue weighted by atomic mass is 31.2. The van der Waals surface area contributed by atoms with E-state index in [-0.39, 0.29) is 18.6 Å². The van der Waals surface area contributed by atoms with Crippen molar-refractivity contribution in [2.24, 2.45) is 0 Å². The van der Waals surface area contributed by atoms with Crippen LogP contribution in [0.15, 0.2) is 0 Å². The molecule has 1 N–H and O–H groups in total. The van der Waals surface area contributed by atoms with Crippen LogP contribution in [-0.2, 0) is 13.9 Å². The van der Waals surface area contributed by atoms with Gasteiger partial charge < -0.3 is 9.42 Å². The predicted molar refractivity (Wildman–Crippen MR) is 50.9 cm³/mol. The second-order valence-electron chi connectivity index (χ2n) is 2.86. The first kappa shape index (κ1) is 12.8. The Morgan fingerprint density at radius 1 is 1.46 bits per heavy atom. The summed E-state index contributed by atoms with van der Waals surface area (Å²) in [5, 5.41) is 0. The van der Waals surface area contributed by atoms with Gasteiger partial charge in [-0.1, -0.05) is 13.3 Å². The van der Waals surface area contributed by atoms with Crippen molar-refractivity contribution in [2.45, 2.75) is 33.1 Å². The summed E-state index contributed by atoms with van der Waals surface area (Å²) < 4.78 is 15.7. The van der Waals surface area contributed by atoms with Crippen molar-refractivity contribution >= 4 is 13.4 Å². The van der Waals surface area contributed by atoms with Crippen LogP contribution < -0.4 is 0 Å². The average Bonchev–Trinajstić information content (AvgIpc) is 1.99. The third-order valence-corrected chi connectivity index (χ3v) is 2.93. The molecule has 1 atom stereocenters. The van der Waals surface area contributed by atoms with E-state index in [1.165, 1.54) is 0 Å². The van der Waals surface area contributed by atoms with Crippen LogP contribution in [0.4, 0.5) is 0 Å². The van der Waals surface area contributed by atoms with Crippen molar-refractivity contribution in [1.82, 2.24) is 0 Å². The predicted octanol–water partition coefficient (Wildman–Crippen LogP) is 1.97. The third kappa shape index (κ3) is 6.94. The number of hydrogen-bond donors (Lipinski definition) is 1. The summed E-state index contributed by atoms with van der Waals surface area (Å²) >= 11 is 0. The first-order valence-electron chi connectivity index (χ1n) is 4.50. The molecular weight excluding hydrogens is 191 g/mol. The fourth-order valence-corrected chi connectivity index (χ4v) is 2.02. The number of carbonyl (C=O) groups is 1. The molecule has 0 saturated carbocycles. The summed E-state index contributed by atoms with van der Waals surface area (Å²) in [6, 6.07) is 0. The Balaban J connectivity index is 3.82. The highest BCUT2D eigenvalue weighted by Gasteiger charge is 2.22. The number of Topliss-reactive ketones (excluding diaryl/α,β-unsaturated/α-hetero) is 1. The van der Waals surface area contributed by atoms with Gasteiger partial charge in [0, 0.05) is 6.42 Å². The zero-order chi connectivity index (χ0) is 10.3. The number of hydrogen-bond acceptors (Lipinski definition) is 3. The minimum Gasteiger partial charge on any atom is -0.324 e. The van der Waals surface area contributed by atoms with Gasteiger partial charge in [-0.05, 0) is 13.3 Å². The second kappa shape index (κ2) is 6.30. The Morgan fingerprint density at radius 2 is 2.08 bits per heavy atom. The van der Waals surface area contributed by atoms with E-state index in [1.807, 2.05) is 6.92 Å². The molecule has 1 unspecified atom stereocenters. The largest absolute Gasteiger partial charge is 0.335 e. The van der Waals surface area contributed by atoms with E-state index < -0.39 is 7.60 Å². The maximum atomic E-state index is 11.1. The Bertz CT molecular complexity index is 202. The van der Waals surface area contributed by atoms with Crippen molar-refractivity contribution in [3.63, 3.8) is 0 Å². The summed E-state index contributed by atoms with van der Waals surface area (Å²) in [7, 11) is -3.64. The van der Waals surface area contributed by atoms with Gasteiger partial charge in [0.1, 0.15) is 11.9 Å². The first-order chi connectivity index (χ1) is 6.02. The standard InChI is InChI=1S/C8H17O4P/c1-3-5-6-8(9)7-13(10,11)12-4-2/h3-7H2,1-2H3,(H,10,11). The molecule has 0 saturated heterocycles. The number of rotatable bonds is 7. The highest BCUT2D eigenvalue weighted by Crippen LogP contribution is 2.41. The molecule has 4 nitrogen and oxygen atoms in total. The smallest absolute Gasteiger partial charge is 0.324 e. The minimum atomic E-state index is -3.64. The lowest BCUT2D eigenvalue weighted by molar-refractivity contribution is -0.117. The van der Waals surface area contributed by atoms with Gasteiger partial charge in [-0.25, -0.2) is 0 Å². The molecule has 0 rings (SSSR count). The molecule has 0 aromatic heterocycles. The molecular formula is C8H17O4P. The molecule has 5 heteroatoms. The fourth-order valence-electron chi connectivity index (χ4n) is 0.923. The van der Waals surface area contributed by atoms with E-state index in [1.54, 1.807) is 6.92 Å². The molecule has 78 valence electrons. The Hall–Kier alpha value is -0.180. The molecule has 0 spiro atoms. The first-order valence-corrected chi connectivity index (χ1v) is 6.26. The maximum absolute atomic E-state index is 11.1. The molecule has 0 aromatic rings. The molecule has 0 aliphatic heterocycles. The van der Waals surface area contributed by atoms with Crippen LogP contribution in [0.1, 0.15) is 33.1 Å². The highest BCUT2D eigenvalue weighted by molar-refractivity contribution is 7.53.